The fourth-order valence-electron chi connectivity index (χ4n) is 1.17. The van der Waals surface area contributed by atoms with Gasteiger partial charge in [-0.3, -0.25) is 0 Å². The van der Waals surface area contributed by atoms with Crippen LogP contribution in [0.4, 0.5) is 13.2 Å². The molecule has 0 aliphatic carbocycles. The Bertz CT molecular complexity index is 286. The summed E-state index contributed by atoms with van der Waals surface area (Å²) in [4.78, 5) is 0. The summed E-state index contributed by atoms with van der Waals surface area (Å²) < 4.78 is 37.6. The van der Waals surface area contributed by atoms with Gasteiger partial charge in [0.05, 0.1) is 5.56 Å². The first-order valence-electron chi connectivity index (χ1n) is 3.87. The fourth-order valence-corrected chi connectivity index (χ4v) is 1.17. The van der Waals surface area contributed by atoms with Crippen molar-refractivity contribution in [3.05, 3.63) is 35.1 Å². The van der Waals surface area contributed by atoms with Gasteiger partial charge in [-0.15, -0.1) is 0 Å². The van der Waals surface area contributed by atoms with Crippen LogP contribution in [0.2, 0.25) is 0 Å². The number of alkyl halides is 2. The van der Waals surface area contributed by atoms with E-state index in [9.17, 15) is 13.2 Å². The minimum Gasteiger partial charge on any atom is -0.316 e. The third kappa shape index (κ3) is 2.21. The Kier molecular flexibility index (Phi) is 3.31. The van der Waals surface area contributed by atoms with E-state index in [0.29, 0.717) is 5.56 Å². The molecule has 1 aromatic carbocycles. The SMILES string of the molecule is CNCc1cccc(F)c1C(F)F. The minimum absolute atomic E-state index is 0.247. The number of benzene rings is 1. The average Bonchev–Trinajstić information content (AvgIpc) is 2.04. The second-order valence-corrected chi connectivity index (χ2v) is 2.64. The molecule has 0 aliphatic heterocycles. The highest BCUT2D eigenvalue weighted by molar-refractivity contribution is 5.29. The first kappa shape index (κ1) is 10.1. The first-order chi connectivity index (χ1) is 6.16. The maximum Gasteiger partial charge on any atom is 0.266 e. The summed E-state index contributed by atoms with van der Waals surface area (Å²) in [7, 11) is 1.63. The van der Waals surface area contributed by atoms with Crippen LogP contribution in [0.15, 0.2) is 18.2 Å². The molecule has 1 N–H and O–H groups in total. The van der Waals surface area contributed by atoms with E-state index in [-0.39, 0.29) is 6.54 Å². The van der Waals surface area contributed by atoms with Gasteiger partial charge in [-0.25, -0.2) is 13.2 Å². The Labute approximate surface area is 74.6 Å². The Balaban J connectivity index is 3.10. The summed E-state index contributed by atoms with van der Waals surface area (Å²) in [5, 5.41) is 2.71. The van der Waals surface area contributed by atoms with Crippen molar-refractivity contribution in [3.8, 4) is 0 Å². The molecular formula is C9H10F3N. The highest BCUT2D eigenvalue weighted by atomic mass is 19.3. The molecular weight excluding hydrogens is 179 g/mol. The molecule has 72 valence electrons. The topological polar surface area (TPSA) is 12.0 Å². The molecule has 0 amide bonds. The Morgan fingerprint density at radius 2 is 2.08 bits per heavy atom. The molecule has 0 saturated carbocycles. The van der Waals surface area contributed by atoms with Crippen LogP contribution in [-0.4, -0.2) is 7.05 Å². The van der Waals surface area contributed by atoms with Crippen molar-refractivity contribution < 1.29 is 13.2 Å². The van der Waals surface area contributed by atoms with Gasteiger partial charge in [-0.1, -0.05) is 12.1 Å². The molecule has 4 heteroatoms. The van der Waals surface area contributed by atoms with E-state index >= 15 is 0 Å². The van der Waals surface area contributed by atoms with Gasteiger partial charge in [-0.05, 0) is 18.7 Å². The van der Waals surface area contributed by atoms with Crippen LogP contribution < -0.4 is 5.32 Å². The van der Waals surface area contributed by atoms with E-state index in [2.05, 4.69) is 5.32 Å². The van der Waals surface area contributed by atoms with E-state index in [1.807, 2.05) is 0 Å². The van der Waals surface area contributed by atoms with Gasteiger partial charge in [-0.2, -0.15) is 0 Å². The molecule has 0 unspecified atom stereocenters. The van der Waals surface area contributed by atoms with Crippen LogP contribution in [0.3, 0.4) is 0 Å². The number of rotatable bonds is 3. The summed E-state index contributed by atoms with van der Waals surface area (Å²) in [6.07, 6.45) is -2.76. The van der Waals surface area contributed by atoms with Crippen molar-refractivity contribution in [3.63, 3.8) is 0 Å². The lowest BCUT2D eigenvalue weighted by atomic mass is 10.1. The highest BCUT2D eigenvalue weighted by Crippen LogP contribution is 2.25. The average molecular weight is 189 g/mol. The lowest BCUT2D eigenvalue weighted by Gasteiger charge is -2.08. The van der Waals surface area contributed by atoms with Crippen LogP contribution in [0.1, 0.15) is 17.6 Å². The molecule has 0 radical (unpaired) electrons. The van der Waals surface area contributed by atoms with E-state index in [1.165, 1.54) is 12.1 Å². The van der Waals surface area contributed by atoms with Crippen molar-refractivity contribution in [2.45, 2.75) is 13.0 Å². The zero-order chi connectivity index (χ0) is 9.84. The molecule has 0 bridgehead atoms. The maximum absolute atomic E-state index is 12.9. The molecule has 0 aromatic heterocycles. The predicted octanol–water partition coefficient (Wildman–Crippen LogP) is 2.48. The first-order valence-corrected chi connectivity index (χ1v) is 3.87. The molecule has 1 aromatic rings. The largest absolute Gasteiger partial charge is 0.316 e. The quantitative estimate of drug-likeness (QED) is 0.770. The van der Waals surface area contributed by atoms with Gasteiger partial charge in [0.2, 0.25) is 0 Å². The van der Waals surface area contributed by atoms with E-state index < -0.39 is 17.8 Å². The summed E-state index contributed by atoms with van der Waals surface area (Å²) in [6.45, 7) is 0.247. The minimum atomic E-state index is -2.76. The van der Waals surface area contributed by atoms with Crippen molar-refractivity contribution in [2.75, 3.05) is 7.05 Å². The van der Waals surface area contributed by atoms with E-state index in [0.717, 1.165) is 6.07 Å². The van der Waals surface area contributed by atoms with Crippen LogP contribution in [0, 0.1) is 5.82 Å². The van der Waals surface area contributed by atoms with Gasteiger partial charge in [0.15, 0.2) is 0 Å². The van der Waals surface area contributed by atoms with Crippen LogP contribution in [0.5, 0.6) is 0 Å². The van der Waals surface area contributed by atoms with Crippen LogP contribution >= 0.6 is 0 Å². The molecule has 0 aliphatic rings. The summed E-state index contributed by atoms with van der Waals surface area (Å²) in [5.74, 6) is -0.845. The molecule has 0 fully saturated rings. The third-order valence-electron chi connectivity index (χ3n) is 1.73. The second kappa shape index (κ2) is 4.28. The molecule has 1 nitrogen and oxygen atoms in total. The third-order valence-corrected chi connectivity index (χ3v) is 1.73. The van der Waals surface area contributed by atoms with Crippen molar-refractivity contribution >= 4 is 0 Å². The molecule has 0 spiro atoms. The van der Waals surface area contributed by atoms with Crippen LogP contribution in [0.25, 0.3) is 0 Å². The zero-order valence-corrected chi connectivity index (χ0v) is 7.15. The Hall–Kier alpha value is -1.03. The lowest BCUT2D eigenvalue weighted by molar-refractivity contribution is 0.145. The summed E-state index contributed by atoms with van der Waals surface area (Å²) >= 11 is 0. The van der Waals surface area contributed by atoms with Crippen molar-refractivity contribution in [2.24, 2.45) is 0 Å². The molecule has 0 saturated heterocycles. The lowest BCUT2D eigenvalue weighted by Crippen LogP contribution is -2.09. The number of halogens is 3. The zero-order valence-electron chi connectivity index (χ0n) is 7.15. The Morgan fingerprint density at radius 1 is 1.38 bits per heavy atom. The second-order valence-electron chi connectivity index (χ2n) is 2.64. The normalized spacial score (nSPS) is 10.8. The Morgan fingerprint density at radius 3 is 2.62 bits per heavy atom. The van der Waals surface area contributed by atoms with Crippen molar-refractivity contribution in [1.29, 1.82) is 0 Å². The number of hydrogen-bond donors (Lipinski definition) is 1. The van der Waals surface area contributed by atoms with E-state index in [4.69, 9.17) is 0 Å². The predicted molar refractivity (Wildman–Crippen MR) is 44.1 cm³/mol. The molecule has 0 atom stereocenters. The molecule has 13 heavy (non-hydrogen) atoms. The number of nitrogens with one attached hydrogen (secondary N) is 1. The summed E-state index contributed by atoms with van der Waals surface area (Å²) in [5.41, 5.74) is -0.200. The van der Waals surface area contributed by atoms with Crippen LogP contribution in [-0.2, 0) is 6.54 Å². The van der Waals surface area contributed by atoms with Gasteiger partial charge in [0.25, 0.3) is 6.43 Å². The molecule has 1 rings (SSSR count). The van der Waals surface area contributed by atoms with Gasteiger partial charge in [0, 0.05) is 6.54 Å². The van der Waals surface area contributed by atoms with Gasteiger partial charge >= 0.3 is 0 Å². The van der Waals surface area contributed by atoms with Gasteiger partial charge < -0.3 is 5.32 Å². The summed E-state index contributed by atoms with van der Waals surface area (Å²) in [6, 6.07) is 3.95. The molecule has 0 heterocycles. The monoisotopic (exact) mass is 189 g/mol. The maximum atomic E-state index is 12.9. The van der Waals surface area contributed by atoms with E-state index in [1.54, 1.807) is 7.05 Å². The highest BCUT2D eigenvalue weighted by Gasteiger charge is 2.16. The standard InChI is InChI=1S/C9H10F3N/c1-13-5-6-3-2-4-7(10)8(6)9(11)12/h2-4,9,13H,5H2,1H3. The van der Waals surface area contributed by atoms with Gasteiger partial charge in [0.1, 0.15) is 5.82 Å². The fraction of sp³-hybridized carbons (Fsp3) is 0.333. The smallest absolute Gasteiger partial charge is 0.266 e. The number of hydrogen-bond acceptors (Lipinski definition) is 1. The van der Waals surface area contributed by atoms with Crippen molar-refractivity contribution in [1.82, 2.24) is 5.32 Å².